The lowest BCUT2D eigenvalue weighted by molar-refractivity contribution is -0.154. The Balaban J connectivity index is 3.39. The monoisotopic (exact) mass is 298 g/mol. The maximum Gasteiger partial charge on any atom is 0.345 e. The Morgan fingerprint density at radius 3 is 1.67 bits per heavy atom. The maximum absolute atomic E-state index is 11.6. The van der Waals surface area contributed by atoms with Gasteiger partial charge in [0.05, 0.1) is 21.3 Å². The van der Waals surface area contributed by atoms with E-state index in [1.165, 1.54) is 0 Å². The van der Waals surface area contributed by atoms with Gasteiger partial charge in [-0.1, -0.05) is 0 Å². The highest BCUT2D eigenvalue weighted by Gasteiger charge is 2.32. The average molecular weight is 298 g/mol. The van der Waals surface area contributed by atoms with E-state index in [4.69, 9.17) is 0 Å². The summed E-state index contributed by atoms with van der Waals surface area (Å²) in [4.78, 5) is 34.7. The molecule has 21 heavy (non-hydrogen) atoms. The van der Waals surface area contributed by atoms with Crippen LogP contribution < -0.4 is 0 Å². The van der Waals surface area contributed by atoms with E-state index >= 15 is 0 Å². The third kappa shape index (κ3) is 3.22. The number of hydrogen-bond acceptors (Lipinski definition) is 8. The minimum absolute atomic E-state index is 0.0867. The largest absolute Gasteiger partial charge is 0.507 e. The maximum atomic E-state index is 11.6. The lowest BCUT2D eigenvalue weighted by atomic mass is 9.96. The van der Waals surface area contributed by atoms with Crippen molar-refractivity contribution in [1.29, 1.82) is 0 Å². The molecule has 0 amide bonds. The minimum atomic E-state index is -1.50. The summed E-state index contributed by atoms with van der Waals surface area (Å²) in [5, 5.41) is 19.5. The number of carbonyl (C=O) groups excluding carboxylic acids is 3. The highest BCUT2D eigenvalue weighted by Crippen LogP contribution is 2.33. The van der Waals surface area contributed by atoms with E-state index in [2.05, 4.69) is 14.2 Å². The molecule has 0 aliphatic carbocycles. The van der Waals surface area contributed by atoms with E-state index in [0.717, 1.165) is 33.5 Å². The van der Waals surface area contributed by atoms with Crippen molar-refractivity contribution in [1.82, 2.24) is 0 Å². The van der Waals surface area contributed by atoms with E-state index < -0.39 is 40.9 Å². The molecule has 0 aromatic heterocycles. The molecule has 1 aromatic rings. The van der Waals surface area contributed by atoms with E-state index in [1.54, 1.807) is 0 Å². The van der Waals surface area contributed by atoms with E-state index in [0.29, 0.717) is 0 Å². The Bertz CT molecular complexity index is 539. The van der Waals surface area contributed by atoms with Crippen LogP contribution in [0, 0.1) is 0 Å². The molecular weight excluding hydrogens is 284 g/mol. The zero-order valence-corrected chi connectivity index (χ0v) is 11.6. The van der Waals surface area contributed by atoms with Gasteiger partial charge in [0.25, 0.3) is 0 Å². The molecule has 8 heteroatoms. The van der Waals surface area contributed by atoms with Crippen LogP contribution in [-0.4, -0.2) is 49.5 Å². The number of aromatic hydroxyl groups is 2. The summed E-state index contributed by atoms with van der Waals surface area (Å²) in [6.07, 6.45) is 0. The standard InChI is InChI=1S/C13H14O8/c1-19-11(16)9(12(17)20-2)6-4-7(14)10(8(15)5-6)13(18)21-3/h4-5,9,14-15H,1-3H3. The van der Waals surface area contributed by atoms with E-state index in [9.17, 15) is 24.6 Å². The first kappa shape index (κ1) is 16.3. The van der Waals surface area contributed by atoms with Gasteiger partial charge in [0.1, 0.15) is 17.1 Å². The fraction of sp³-hybridized carbons (Fsp3) is 0.308. The lowest BCUT2D eigenvalue weighted by Gasteiger charge is -2.14. The molecule has 0 saturated carbocycles. The normalized spacial score (nSPS) is 10.1. The molecule has 1 rings (SSSR count). The van der Waals surface area contributed by atoms with Gasteiger partial charge < -0.3 is 24.4 Å². The Labute approximate surface area is 119 Å². The molecule has 1 aromatic carbocycles. The number of ether oxygens (including phenoxy) is 3. The lowest BCUT2D eigenvalue weighted by Crippen LogP contribution is -2.24. The molecule has 0 bridgehead atoms. The van der Waals surface area contributed by atoms with Gasteiger partial charge in [-0.15, -0.1) is 0 Å². The quantitative estimate of drug-likeness (QED) is 0.463. The van der Waals surface area contributed by atoms with Crippen LogP contribution in [0.3, 0.4) is 0 Å². The first-order chi connectivity index (χ1) is 9.87. The van der Waals surface area contributed by atoms with Crippen LogP contribution >= 0.6 is 0 Å². The van der Waals surface area contributed by atoms with Gasteiger partial charge in [0.2, 0.25) is 0 Å². The minimum Gasteiger partial charge on any atom is -0.507 e. The number of benzene rings is 1. The summed E-state index contributed by atoms with van der Waals surface area (Å²) in [6.45, 7) is 0. The van der Waals surface area contributed by atoms with Crippen LogP contribution in [0.4, 0.5) is 0 Å². The second kappa shape index (κ2) is 6.60. The molecule has 0 aliphatic rings. The van der Waals surface area contributed by atoms with Gasteiger partial charge in [-0.25, -0.2) is 4.79 Å². The molecule has 0 heterocycles. The van der Waals surface area contributed by atoms with E-state index in [-0.39, 0.29) is 5.56 Å². The fourth-order valence-electron chi connectivity index (χ4n) is 1.71. The summed E-state index contributed by atoms with van der Waals surface area (Å²) in [5.74, 6) is -5.63. The highest BCUT2D eigenvalue weighted by atomic mass is 16.5. The Morgan fingerprint density at radius 2 is 1.33 bits per heavy atom. The number of rotatable bonds is 4. The molecule has 0 saturated heterocycles. The summed E-state index contributed by atoms with van der Waals surface area (Å²) in [5.41, 5.74) is -0.564. The summed E-state index contributed by atoms with van der Waals surface area (Å²) < 4.78 is 13.3. The van der Waals surface area contributed by atoms with Gasteiger partial charge >= 0.3 is 17.9 Å². The highest BCUT2D eigenvalue weighted by molar-refractivity contribution is 6.02. The van der Waals surface area contributed by atoms with Gasteiger partial charge in [0, 0.05) is 0 Å². The predicted octanol–water partition coefficient (Wildman–Crippen LogP) is 0.314. The van der Waals surface area contributed by atoms with E-state index in [1.807, 2.05) is 0 Å². The van der Waals surface area contributed by atoms with Gasteiger partial charge in [0.15, 0.2) is 5.92 Å². The number of phenols is 2. The topological polar surface area (TPSA) is 119 Å². The van der Waals surface area contributed by atoms with Gasteiger partial charge in [-0.2, -0.15) is 0 Å². The molecule has 0 aliphatic heterocycles. The number of phenolic OH excluding ortho intramolecular Hbond substituents is 2. The molecule has 114 valence electrons. The molecular formula is C13H14O8. The third-order valence-corrected chi connectivity index (χ3v) is 2.72. The van der Waals surface area contributed by atoms with Gasteiger partial charge in [-0.05, 0) is 17.7 Å². The smallest absolute Gasteiger partial charge is 0.345 e. The Hall–Kier alpha value is -2.77. The zero-order valence-electron chi connectivity index (χ0n) is 11.6. The second-order valence-corrected chi connectivity index (χ2v) is 3.91. The number of esters is 3. The summed E-state index contributed by atoms with van der Waals surface area (Å²) in [6, 6.07) is 1.95. The number of hydrogen-bond donors (Lipinski definition) is 2. The predicted molar refractivity (Wildman–Crippen MR) is 67.9 cm³/mol. The van der Waals surface area contributed by atoms with Crippen LogP contribution in [0.25, 0.3) is 0 Å². The van der Waals surface area contributed by atoms with Crippen molar-refractivity contribution >= 4 is 17.9 Å². The molecule has 8 nitrogen and oxygen atoms in total. The zero-order chi connectivity index (χ0) is 16.2. The fourth-order valence-corrected chi connectivity index (χ4v) is 1.71. The van der Waals surface area contributed by atoms with Crippen LogP contribution in [0.2, 0.25) is 0 Å². The number of carbonyl (C=O) groups is 3. The molecule has 0 atom stereocenters. The van der Waals surface area contributed by atoms with Crippen molar-refractivity contribution in [3.63, 3.8) is 0 Å². The second-order valence-electron chi connectivity index (χ2n) is 3.91. The molecule has 0 fully saturated rings. The first-order valence-electron chi connectivity index (χ1n) is 5.67. The molecule has 0 radical (unpaired) electrons. The molecule has 0 unspecified atom stereocenters. The van der Waals surface area contributed by atoms with Crippen LogP contribution in [-0.2, 0) is 23.8 Å². The Morgan fingerprint density at radius 1 is 0.905 bits per heavy atom. The van der Waals surface area contributed by atoms with Crippen molar-refractivity contribution in [2.75, 3.05) is 21.3 Å². The van der Waals surface area contributed by atoms with Crippen molar-refractivity contribution < 1.29 is 38.8 Å². The third-order valence-electron chi connectivity index (χ3n) is 2.72. The van der Waals surface area contributed by atoms with Crippen molar-refractivity contribution in [3.8, 4) is 11.5 Å². The first-order valence-corrected chi connectivity index (χ1v) is 5.67. The molecule has 2 N–H and O–H groups in total. The Kier molecular flexibility index (Phi) is 5.12. The SMILES string of the molecule is COC(=O)c1c(O)cc(C(C(=O)OC)C(=O)OC)cc1O. The summed E-state index contributed by atoms with van der Waals surface area (Å²) in [7, 11) is 3.21. The van der Waals surface area contributed by atoms with Crippen molar-refractivity contribution in [2.45, 2.75) is 5.92 Å². The van der Waals surface area contributed by atoms with Crippen LogP contribution in [0.5, 0.6) is 11.5 Å². The average Bonchev–Trinajstić information content (AvgIpc) is 2.45. The summed E-state index contributed by atoms with van der Waals surface area (Å²) >= 11 is 0. The molecule has 0 spiro atoms. The van der Waals surface area contributed by atoms with Crippen molar-refractivity contribution in [2.24, 2.45) is 0 Å². The number of methoxy groups -OCH3 is 3. The van der Waals surface area contributed by atoms with Crippen LogP contribution in [0.1, 0.15) is 21.8 Å². The van der Waals surface area contributed by atoms with Crippen molar-refractivity contribution in [3.05, 3.63) is 23.3 Å². The van der Waals surface area contributed by atoms with Crippen LogP contribution in [0.15, 0.2) is 12.1 Å². The van der Waals surface area contributed by atoms with Gasteiger partial charge in [-0.3, -0.25) is 9.59 Å².